The molecule has 1 aliphatic heterocycles. The van der Waals surface area contributed by atoms with Crippen LogP contribution in [0, 0.1) is 20.6 Å². The zero-order chi connectivity index (χ0) is 26.9. The van der Waals surface area contributed by atoms with Gasteiger partial charge in [-0.25, -0.2) is 9.69 Å². The molecule has 0 unspecified atom stereocenters. The number of carbonyl (C=O) groups is 3. The number of rotatable bonds is 6. The molecule has 0 aliphatic carbocycles. The highest BCUT2D eigenvalue weighted by atomic mass is 127. The van der Waals surface area contributed by atoms with Crippen LogP contribution in [0.2, 0.25) is 0 Å². The summed E-state index contributed by atoms with van der Waals surface area (Å²) in [5.74, 6) is -1.04. The zero-order valence-electron chi connectivity index (χ0n) is 19.0. The Morgan fingerprint density at radius 2 is 1.84 bits per heavy atom. The molecule has 9 nitrogen and oxygen atoms in total. The highest BCUT2D eigenvalue weighted by molar-refractivity contribution is 14.1. The Kier molecular flexibility index (Phi) is 8.09. The van der Waals surface area contributed by atoms with Crippen LogP contribution < -0.4 is 15.0 Å². The van der Waals surface area contributed by atoms with Crippen molar-refractivity contribution in [2.24, 2.45) is 0 Å². The van der Waals surface area contributed by atoms with Crippen LogP contribution in [0.4, 0.5) is 16.2 Å². The Morgan fingerprint density at radius 1 is 1.08 bits per heavy atom. The van der Waals surface area contributed by atoms with E-state index in [0.29, 0.717) is 30.6 Å². The molecular weight excluding hydrogens is 725 g/mol. The summed E-state index contributed by atoms with van der Waals surface area (Å²) >= 11 is 8.90. The van der Waals surface area contributed by atoms with Crippen molar-refractivity contribution >= 4 is 89.7 Å². The first kappa shape index (κ1) is 26.9. The van der Waals surface area contributed by atoms with Gasteiger partial charge in [0.05, 0.1) is 18.7 Å². The summed E-state index contributed by atoms with van der Waals surface area (Å²) in [6.45, 7) is 1.92. The van der Waals surface area contributed by atoms with Crippen LogP contribution in [0.1, 0.15) is 16.7 Å². The fourth-order valence-corrected chi connectivity index (χ4v) is 5.56. The molecule has 1 fully saturated rings. The zero-order valence-corrected chi connectivity index (χ0v) is 24.3. The quantitative estimate of drug-likeness (QED) is 0.105. The van der Waals surface area contributed by atoms with Crippen molar-refractivity contribution in [1.29, 1.82) is 0 Å². The lowest BCUT2D eigenvalue weighted by Crippen LogP contribution is -2.54. The maximum absolute atomic E-state index is 13.2. The lowest BCUT2D eigenvalue weighted by molar-refractivity contribution is -0.384. The number of halogens is 3. The third-order valence-corrected chi connectivity index (χ3v) is 7.62. The maximum Gasteiger partial charge on any atom is 0.335 e. The number of urea groups is 1. The fraction of sp³-hybridized carbons (Fsp3) is 0.0800. The lowest BCUT2D eigenvalue weighted by atomic mass is 10.1. The molecular formula is C25H16Br2IN3O6. The van der Waals surface area contributed by atoms with Gasteiger partial charge in [0.25, 0.3) is 17.5 Å². The van der Waals surface area contributed by atoms with Gasteiger partial charge in [-0.05, 0) is 98.5 Å². The van der Waals surface area contributed by atoms with Crippen LogP contribution in [0.15, 0.2) is 69.1 Å². The van der Waals surface area contributed by atoms with Gasteiger partial charge >= 0.3 is 6.03 Å². The molecule has 37 heavy (non-hydrogen) atoms. The van der Waals surface area contributed by atoms with E-state index in [1.807, 2.05) is 6.92 Å². The number of ether oxygens (including phenoxy) is 1. The Bertz CT molecular complexity index is 1480. The van der Waals surface area contributed by atoms with E-state index < -0.39 is 22.8 Å². The van der Waals surface area contributed by atoms with E-state index in [-0.39, 0.29) is 17.9 Å². The number of nitrogens with zero attached hydrogens (tertiary/aromatic N) is 2. The molecule has 4 amide bonds. The SMILES string of the molecule is Cc1cc(N2C(=O)NC(=O)/C(=C\c3cc(Br)c(OCc4cccc([N+](=O)[O-])c4)c(I)c3)C2=O)ccc1Br. The molecule has 3 aromatic rings. The normalized spacial score (nSPS) is 14.6. The monoisotopic (exact) mass is 739 g/mol. The smallest absolute Gasteiger partial charge is 0.335 e. The van der Waals surface area contributed by atoms with Crippen molar-refractivity contribution < 1.29 is 24.0 Å². The van der Waals surface area contributed by atoms with Crippen molar-refractivity contribution in [2.75, 3.05) is 4.90 Å². The van der Waals surface area contributed by atoms with E-state index in [1.54, 1.807) is 42.5 Å². The number of hydrogen-bond acceptors (Lipinski definition) is 6. The molecule has 1 aliphatic rings. The van der Waals surface area contributed by atoms with Crippen molar-refractivity contribution in [2.45, 2.75) is 13.5 Å². The number of amides is 4. The van der Waals surface area contributed by atoms with E-state index in [2.05, 4.69) is 59.8 Å². The first-order valence-electron chi connectivity index (χ1n) is 10.6. The topological polar surface area (TPSA) is 119 Å². The number of carbonyl (C=O) groups excluding carboxylic acids is 3. The maximum atomic E-state index is 13.2. The Hall–Kier alpha value is -3.10. The van der Waals surface area contributed by atoms with Crippen LogP contribution in [0.3, 0.4) is 0 Å². The number of non-ortho nitro benzene ring substituents is 1. The predicted octanol–water partition coefficient (Wildman–Crippen LogP) is 6.28. The number of barbiturate groups is 1. The summed E-state index contributed by atoms with van der Waals surface area (Å²) < 4.78 is 7.93. The minimum absolute atomic E-state index is 0.0296. The number of nitrogens with one attached hydrogen (secondary N) is 1. The highest BCUT2D eigenvalue weighted by Gasteiger charge is 2.37. The molecule has 0 aromatic heterocycles. The molecule has 4 rings (SSSR count). The summed E-state index contributed by atoms with van der Waals surface area (Å²) in [6.07, 6.45) is 1.40. The second-order valence-corrected chi connectivity index (χ2v) is 10.8. The van der Waals surface area contributed by atoms with Gasteiger partial charge in [-0.3, -0.25) is 25.0 Å². The van der Waals surface area contributed by atoms with Gasteiger partial charge in [0, 0.05) is 16.6 Å². The van der Waals surface area contributed by atoms with E-state index >= 15 is 0 Å². The van der Waals surface area contributed by atoms with Crippen molar-refractivity contribution in [1.82, 2.24) is 5.32 Å². The first-order valence-corrected chi connectivity index (χ1v) is 13.2. The van der Waals surface area contributed by atoms with Gasteiger partial charge in [0.2, 0.25) is 0 Å². The average Bonchev–Trinajstić information content (AvgIpc) is 2.83. The van der Waals surface area contributed by atoms with Crippen molar-refractivity contribution in [3.63, 3.8) is 0 Å². The summed E-state index contributed by atoms with van der Waals surface area (Å²) in [5, 5.41) is 13.2. The molecule has 1 N–H and O–H groups in total. The van der Waals surface area contributed by atoms with Gasteiger partial charge in [-0.1, -0.05) is 28.1 Å². The van der Waals surface area contributed by atoms with E-state index in [0.717, 1.165) is 14.9 Å². The van der Waals surface area contributed by atoms with Crippen molar-refractivity contribution in [3.8, 4) is 5.75 Å². The number of aryl methyl sites for hydroxylation is 1. The second kappa shape index (κ2) is 11.1. The number of nitro benzene ring substituents is 1. The molecule has 0 spiro atoms. The third-order valence-electron chi connectivity index (χ3n) is 5.34. The number of nitro groups is 1. The van der Waals surface area contributed by atoms with Crippen LogP contribution >= 0.6 is 54.5 Å². The van der Waals surface area contributed by atoms with Crippen LogP contribution in [-0.2, 0) is 16.2 Å². The van der Waals surface area contributed by atoms with Gasteiger partial charge < -0.3 is 4.74 Å². The number of anilines is 1. The number of imide groups is 2. The van der Waals surface area contributed by atoms with Crippen molar-refractivity contribution in [3.05, 3.63) is 99.5 Å². The van der Waals surface area contributed by atoms with E-state index in [1.165, 1.54) is 18.2 Å². The van der Waals surface area contributed by atoms with Gasteiger partial charge in [0.1, 0.15) is 17.9 Å². The molecule has 3 aromatic carbocycles. The largest absolute Gasteiger partial charge is 0.487 e. The van der Waals surface area contributed by atoms with Crippen LogP contribution in [0.5, 0.6) is 5.75 Å². The lowest BCUT2D eigenvalue weighted by Gasteiger charge is -2.26. The molecule has 188 valence electrons. The summed E-state index contributed by atoms with van der Waals surface area (Å²) in [7, 11) is 0. The third kappa shape index (κ3) is 5.91. The molecule has 1 heterocycles. The molecule has 0 saturated carbocycles. The first-order chi connectivity index (χ1) is 17.5. The standard InChI is InChI=1S/C25H16Br2IN3O6/c1-13-7-16(5-6-19(13)26)30-24(33)18(23(32)29-25(30)34)9-15-10-20(27)22(21(28)11-15)37-12-14-3-2-4-17(8-14)31(35)36/h2-11H,12H2,1H3,(H,29,32,34)/b18-9+. The van der Waals surface area contributed by atoms with Gasteiger partial charge in [0.15, 0.2) is 0 Å². The summed E-state index contributed by atoms with van der Waals surface area (Å²) in [6, 6.07) is 13.7. The van der Waals surface area contributed by atoms with Crippen LogP contribution in [-0.4, -0.2) is 22.8 Å². The fourth-order valence-electron chi connectivity index (χ4n) is 3.54. The highest BCUT2D eigenvalue weighted by Crippen LogP contribution is 2.34. The van der Waals surface area contributed by atoms with E-state index in [9.17, 15) is 24.5 Å². The van der Waals surface area contributed by atoms with Gasteiger partial charge in [-0.15, -0.1) is 0 Å². The molecule has 0 radical (unpaired) electrons. The minimum atomic E-state index is -0.825. The summed E-state index contributed by atoms with van der Waals surface area (Å²) in [5.41, 5.74) is 2.08. The summed E-state index contributed by atoms with van der Waals surface area (Å²) in [4.78, 5) is 49.7. The van der Waals surface area contributed by atoms with Crippen LogP contribution in [0.25, 0.3) is 6.08 Å². The Morgan fingerprint density at radius 3 is 2.51 bits per heavy atom. The molecule has 1 saturated heterocycles. The molecule has 0 bridgehead atoms. The average molecular weight is 741 g/mol. The van der Waals surface area contributed by atoms with E-state index in [4.69, 9.17) is 4.74 Å². The number of hydrogen-bond donors (Lipinski definition) is 1. The second-order valence-electron chi connectivity index (χ2n) is 7.92. The Labute approximate surface area is 241 Å². The van der Waals surface area contributed by atoms with Gasteiger partial charge in [-0.2, -0.15) is 0 Å². The Balaban J connectivity index is 1.60. The predicted molar refractivity (Wildman–Crippen MR) is 152 cm³/mol. The number of benzene rings is 3. The molecule has 12 heteroatoms. The minimum Gasteiger partial charge on any atom is -0.487 e. The molecule has 0 atom stereocenters.